The fraction of sp³-hybridized carbons (Fsp3) is 0.105. The summed E-state index contributed by atoms with van der Waals surface area (Å²) < 4.78 is 5.76. The molecule has 22 heavy (non-hydrogen) atoms. The third-order valence-corrected chi connectivity index (χ3v) is 3.48. The van der Waals surface area contributed by atoms with Crippen LogP contribution in [-0.4, -0.2) is 4.98 Å². The average Bonchev–Trinajstić information content (AvgIpc) is 2.49. The van der Waals surface area contributed by atoms with E-state index in [0.29, 0.717) is 5.56 Å². The van der Waals surface area contributed by atoms with Crippen LogP contribution in [0.4, 0.5) is 0 Å². The zero-order chi connectivity index (χ0) is 15.5. The van der Waals surface area contributed by atoms with Gasteiger partial charge in [0.2, 0.25) is 0 Å². The molecule has 3 rings (SSSR count). The maximum atomic E-state index is 12.2. The second-order valence-electron chi connectivity index (χ2n) is 5.26. The van der Waals surface area contributed by atoms with Gasteiger partial charge >= 0.3 is 0 Å². The number of aryl methyl sites for hydroxylation is 2. The van der Waals surface area contributed by atoms with E-state index in [9.17, 15) is 4.79 Å². The predicted molar refractivity (Wildman–Crippen MR) is 88.5 cm³/mol. The van der Waals surface area contributed by atoms with Gasteiger partial charge in [-0.25, -0.2) is 0 Å². The van der Waals surface area contributed by atoms with Crippen LogP contribution in [0.1, 0.15) is 11.4 Å². The lowest BCUT2D eigenvalue weighted by atomic mass is 10.0. The summed E-state index contributed by atoms with van der Waals surface area (Å²) in [5.41, 5.74) is 3.37. The number of benzene rings is 2. The molecule has 3 nitrogen and oxygen atoms in total. The van der Waals surface area contributed by atoms with Crippen LogP contribution in [0.15, 0.2) is 65.5 Å². The van der Waals surface area contributed by atoms with E-state index in [4.69, 9.17) is 4.74 Å². The molecular formula is C19H17NO2. The van der Waals surface area contributed by atoms with E-state index >= 15 is 0 Å². The van der Waals surface area contributed by atoms with Crippen LogP contribution in [0.25, 0.3) is 11.1 Å². The first kappa shape index (κ1) is 14.1. The molecule has 0 saturated carbocycles. The number of ether oxygens (including phenoxy) is 1. The monoisotopic (exact) mass is 291 g/mol. The van der Waals surface area contributed by atoms with Crippen molar-refractivity contribution in [3.05, 3.63) is 82.3 Å². The Morgan fingerprint density at radius 1 is 0.864 bits per heavy atom. The normalized spacial score (nSPS) is 10.5. The Hall–Kier alpha value is -2.81. The predicted octanol–water partition coefficient (Wildman–Crippen LogP) is 4.45. The summed E-state index contributed by atoms with van der Waals surface area (Å²) in [4.78, 5) is 15.4. The molecular weight excluding hydrogens is 274 g/mol. The van der Waals surface area contributed by atoms with E-state index in [0.717, 1.165) is 28.5 Å². The number of pyridine rings is 1. The molecule has 0 aliphatic heterocycles. The van der Waals surface area contributed by atoms with E-state index < -0.39 is 0 Å². The molecule has 0 bridgehead atoms. The summed E-state index contributed by atoms with van der Waals surface area (Å²) in [5.74, 6) is 1.54. The molecule has 1 heterocycles. The Kier molecular flexibility index (Phi) is 3.79. The Bertz CT molecular complexity index is 834. The van der Waals surface area contributed by atoms with Gasteiger partial charge in [0.05, 0.1) is 0 Å². The van der Waals surface area contributed by atoms with Crippen molar-refractivity contribution in [3.8, 4) is 22.6 Å². The SMILES string of the molecule is Cc1cc(=O)c(-c2ccc(Oc3ccccc3)cc2)c(C)[nH]1. The van der Waals surface area contributed by atoms with E-state index in [2.05, 4.69) is 4.98 Å². The molecule has 1 N–H and O–H groups in total. The van der Waals surface area contributed by atoms with Crippen molar-refractivity contribution >= 4 is 0 Å². The van der Waals surface area contributed by atoms with Crippen molar-refractivity contribution < 1.29 is 4.74 Å². The first-order valence-electron chi connectivity index (χ1n) is 7.17. The zero-order valence-electron chi connectivity index (χ0n) is 12.6. The van der Waals surface area contributed by atoms with Crippen LogP contribution in [-0.2, 0) is 0 Å². The molecule has 0 spiro atoms. The van der Waals surface area contributed by atoms with Crippen molar-refractivity contribution in [2.45, 2.75) is 13.8 Å². The van der Waals surface area contributed by atoms with Gasteiger partial charge in [-0.05, 0) is 43.7 Å². The lowest BCUT2D eigenvalue weighted by molar-refractivity contribution is 0.483. The van der Waals surface area contributed by atoms with E-state index in [1.165, 1.54) is 0 Å². The van der Waals surface area contributed by atoms with Gasteiger partial charge in [-0.2, -0.15) is 0 Å². The minimum atomic E-state index is 0.0328. The fourth-order valence-corrected chi connectivity index (χ4v) is 2.52. The van der Waals surface area contributed by atoms with Crippen LogP contribution < -0.4 is 10.2 Å². The Balaban J connectivity index is 1.91. The lowest BCUT2D eigenvalue weighted by Crippen LogP contribution is -2.08. The number of nitrogens with one attached hydrogen (secondary N) is 1. The van der Waals surface area contributed by atoms with Crippen molar-refractivity contribution in [3.63, 3.8) is 0 Å². The second-order valence-corrected chi connectivity index (χ2v) is 5.26. The quantitative estimate of drug-likeness (QED) is 0.774. The molecule has 0 aliphatic carbocycles. The molecule has 3 heteroatoms. The summed E-state index contributed by atoms with van der Waals surface area (Å²) in [6, 6.07) is 18.8. The van der Waals surface area contributed by atoms with Crippen LogP contribution >= 0.6 is 0 Å². The number of rotatable bonds is 3. The maximum Gasteiger partial charge on any atom is 0.189 e. The molecule has 0 saturated heterocycles. The maximum absolute atomic E-state index is 12.2. The number of H-pyrrole nitrogens is 1. The summed E-state index contributed by atoms with van der Waals surface area (Å²) in [5, 5.41) is 0. The van der Waals surface area contributed by atoms with Gasteiger partial charge in [-0.15, -0.1) is 0 Å². The number of aromatic nitrogens is 1. The molecule has 0 unspecified atom stereocenters. The fourth-order valence-electron chi connectivity index (χ4n) is 2.52. The molecule has 0 radical (unpaired) electrons. The summed E-state index contributed by atoms with van der Waals surface area (Å²) >= 11 is 0. The first-order chi connectivity index (χ1) is 10.6. The van der Waals surface area contributed by atoms with Crippen molar-refractivity contribution in [2.75, 3.05) is 0 Å². The molecule has 0 aliphatic rings. The standard InChI is InChI=1S/C19H17NO2/c1-13-12-18(21)19(14(2)20-13)15-8-10-17(11-9-15)22-16-6-4-3-5-7-16/h3-12H,1-2H3,(H,20,21). The number of aromatic amines is 1. The van der Waals surface area contributed by atoms with Gasteiger partial charge in [0.1, 0.15) is 11.5 Å². The zero-order valence-corrected chi connectivity index (χ0v) is 12.6. The molecule has 0 fully saturated rings. The van der Waals surface area contributed by atoms with Gasteiger partial charge in [0.25, 0.3) is 0 Å². The molecule has 3 aromatic rings. The number of hydrogen-bond donors (Lipinski definition) is 1. The van der Waals surface area contributed by atoms with E-state index in [1.54, 1.807) is 6.07 Å². The lowest BCUT2D eigenvalue weighted by Gasteiger charge is -2.09. The average molecular weight is 291 g/mol. The summed E-state index contributed by atoms with van der Waals surface area (Å²) in [6.45, 7) is 3.80. The molecule has 2 aromatic carbocycles. The van der Waals surface area contributed by atoms with E-state index in [-0.39, 0.29) is 5.43 Å². The van der Waals surface area contributed by atoms with Crippen LogP contribution in [0.5, 0.6) is 11.5 Å². The van der Waals surface area contributed by atoms with Gasteiger partial charge in [0.15, 0.2) is 5.43 Å². The minimum Gasteiger partial charge on any atom is -0.457 e. The molecule has 0 atom stereocenters. The van der Waals surface area contributed by atoms with Crippen LogP contribution in [0, 0.1) is 13.8 Å². The number of hydrogen-bond acceptors (Lipinski definition) is 2. The Labute approximate surface area is 129 Å². The third-order valence-electron chi connectivity index (χ3n) is 3.48. The van der Waals surface area contributed by atoms with Crippen molar-refractivity contribution in [2.24, 2.45) is 0 Å². The number of para-hydroxylation sites is 1. The highest BCUT2D eigenvalue weighted by Gasteiger charge is 2.08. The molecule has 0 amide bonds. The van der Waals surface area contributed by atoms with E-state index in [1.807, 2.05) is 68.4 Å². The Morgan fingerprint density at radius 2 is 1.50 bits per heavy atom. The molecule has 1 aromatic heterocycles. The minimum absolute atomic E-state index is 0.0328. The summed E-state index contributed by atoms with van der Waals surface area (Å²) in [6.07, 6.45) is 0. The first-order valence-corrected chi connectivity index (χ1v) is 7.17. The summed E-state index contributed by atoms with van der Waals surface area (Å²) in [7, 11) is 0. The highest BCUT2D eigenvalue weighted by atomic mass is 16.5. The van der Waals surface area contributed by atoms with Crippen LogP contribution in [0.3, 0.4) is 0 Å². The van der Waals surface area contributed by atoms with Crippen molar-refractivity contribution in [1.29, 1.82) is 0 Å². The second kappa shape index (κ2) is 5.90. The van der Waals surface area contributed by atoms with Gasteiger partial charge in [-0.3, -0.25) is 4.79 Å². The van der Waals surface area contributed by atoms with Gasteiger partial charge in [-0.1, -0.05) is 30.3 Å². The highest BCUT2D eigenvalue weighted by Crippen LogP contribution is 2.25. The van der Waals surface area contributed by atoms with Crippen molar-refractivity contribution in [1.82, 2.24) is 4.98 Å². The Morgan fingerprint density at radius 3 is 2.14 bits per heavy atom. The van der Waals surface area contributed by atoms with Gasteiger partial charge < -0.3 is 9.72 Å². The highest BCUT2D eigenvalue weighted by molar-refractivity contribution is 5.66. The van der Waals surface area contributed by atoms with Gasteiger partial charge in [0, 0.05) is 23.0 Å². The smallest absolute Gasteiger partial charge is 0.189 e. The van der Waals surface area contributed by atoms with Crippen LogP contribution in [0.2, 0.25) is 0 Å². The topological polar surface area (TPSA) is 42.1 Å². The molecule has 110 valence electrons. The largest absolute Gasteiger partial charge is 0.457 e. The third kappa shape index (κ3) is 2.93.